The zero-order valence-electron chi connectivity index (χ0n) is 12.7. The number of alkyl halides is 2. The number of nitrogens with zero attached hydrogens (tertiary/aromatic N) is 1. The van der Waals surface area contributed by atoms with E-state index in [-0.39, 0.29) is 11.3 Å². The summed E-state index contributed by atoms with van der Waals surface area (Å²) in [5.74, 6) is -0.264. The second-order valence-corrected chi connectivity index (χ2v) is 5.45. The zero-order valence-corrected chi connectivity index (χ0v) is 12.7. The number of benzene rings is 2. The number of carboxylic acid groups (broad SMARTS) is 1. The minimum atomic E-state index is -3.22. The van der Waals surface area contributed by atoms with Crippen LogP contribution in [0.1, 0.15) is 28.7 Å². The van der Waals surface area contributed by atoms with E-state index in [0.29, 0.717) is 30.2 Å². The van der Waals surface area contributed by atoms with Gasteiger partial charge in [-0.25, -0.2) is 9.78 Å². The van der Waals surface area contributed by atoms with Gasteiger partial charge < -0.3 is 14.8 Å². The molecule has 0 amide bonds. The number of nitrogens with one attached hydrogen (secondary N) is 1. The predicted molar refractivity (Wildman–Crippen MR) is 83.6 cm³/mol. The van der Waals surface area contributed by atoms with Crippen LogP contribution < -0.4 is 4.74 Å². The van der Waals surface area contributed by atoms with Gasteiger partial charge in [0.05, 0.1) is 16.6 Å². The van der Waals surface area contributed by atoms with E-state index in [2.05, 4.69) is 14.7 Å². The number of carboxylic acids is 1. The van der Waals surface area contributed by atoms with Gasteiger partial charge in [-0.15, -0.1) is 0 Å². The van der Waals surface area contributed by atoms with E-state index < -0.39 is 12.1 Å². The van der Waals surface area contributed by atoms with E-state index in [4.69, 9.17) is 5.11 Å². The largest absolute Gasteiger partial charge is 0.478 e. The van der Waals surface area contributed by atoms with E-state index >= 15 is 0 Å². The number of fused-ring (bicyclic) bond motifs is 1. The molecule has 1 aromatic heterocycles. The number of imidazole rings is 1. The third-order valence-electron chi connectivity index (χ3n) is 3.37. The number of carbonyl (C=O) groups is 1. The van der Waals surface area contributed by atoms with Crippen molar-refractivity contribution >= 4 is 17.0 Å². The van der Waals surface area contributed by atoms with Gasteiger partial charge in [0, 0.05) is 13.3 Å². The van der Waals surface area contributed by atoms with Crippen LogP contribution in [0.15, 0.2) is 42.5 Å². The molecule has 0 aliphatic heterocycles. The van der Waals surface area contributed by atoms with Crippen molar-refractivity contribution in [2.24, 2.45) is 0 Å². The fourth-order valence-corrected chi connectivity index (χ4v) is 2.35. The lowest BCUT2D eigenvalue weighted by molar-refractivity contribution is -0.158. The molecule has 3 aromatic rings. The number of aromatic amines is 1. The molecule has 0 bridgehead atoms. The van der Waals surface area contributed by atoms with Gasteiger partial charge in [-0.1, -0.05) is 12.1 Å². The van der Waals surface area contributed by atoms with Crippen LogP contribution in [0.25, 0.3) is 11.0 Å². The molecule has 0 aliphatic rings. The summed E-state index contributed by atoms with van der Waals surface area (Å²) in [6, 6.07) is 10.9. The first-order valence-corrected chi connectivity index (χ1v) is 7.18. The molecule has 2 aromatic carbocycles. The van der Waals surface area contributed by atoms with E-state index in [0.717, 1.165) is 5.56 Å². The third kappa shape index (κ3) is 3.68. The summed E-state index contributed by atoms with van der Waals surface area (Å²) < 4.78 is 30.0. The molecule has 0 spiro atoms. The highest BCUT2D eigenvalue weighted by molar-refractivity contribution is 5.92. The van der Waals surface area contributed by atoms with Crippen molar-refractivity contribution < 1.29 is 23.4 Å². The highest BCUT2D eigenvalue weighted by Gasteiger charge is 2.22. The lowest BCUT2D eigenvalue weighted by Gasteiger charge is -2.12. The SMILES string of the molecule is CC(F)(F)Oc1ccc(Cc2nc3ccc(C(=O)O)cc3[nH]2)cc1. The molecule has 3 rings (SSSR count). The summed E-state index contributed by atoms with van der Waals surface area (Å²) >= 11 is 0. The lowest BCUT2D eigenvalue weighted by atomic mass is 10.1. The molecule has 0 unspecified atom stereocenters. The first-order chi connectivity index (χ1) is 11.3. The molecule has 24 heavy (non-hydrogen) atoms. The molecule has 0 radical (unpaired) electrons. The Morgan fingerprint density at radius 3 is 2.58 bits per heavy atom. The predicted octanol–water partition coefficient (Wildman–Crippen LogP) is 3.84. The number of rotatable bonds is 5. The van der Waals surface area contributed by atoms with Gasteiger partial charge in [-0.05, 0) is 35.9 Å². The van der Waals surface area contributed by atoms with Crippen LogP contribution in [0.4, 0.5) is 8.78 Å². The van der Waals surface area contributed by atoms with Crippen molar-refractivity contribution in [3.63, 3.8) is 0 Å². The first-order valence-electron chi connectivity index (χ1n) is 7.18. The molecule has 1 heterocycles. The van der Waals surface area contributed by atoms with Crippen LogP contribution in [-0.4, -0.2) is 27.2 Å². The number of hydrogen-bond acceptors (Lipinski definition) is 3. The van der Waals surface area contributed by atoms with Gasteiger partial charge in [0.1, 0.15) is 11.6 Å². The fraction of sp³-hybridized carbons (Fsp3) is 0.176. The van der Waals surface area contributed by atoms with Crippen molar-refractivity contribution in [1.29, 1.82) is 0 Å². The fourth-order valence-electron chi connectivity index (χ4n) is 2.35. The molecule has 2 N–H and O–H groups in total. The van der Waals surface area contributed by atoms with Crippen LogP contribution in [0.5, 0.6) is 5.75 Å². The van der Waals surface area contributed by atoms with Crippen LogP contribution in [-0.2, 0) is 6.42 Å². The maximum absolute atomic E-state index is 12.8. The smallest absolute Gasteiger partial charge is 0.394 e. The molecule has 124 valence electrons. The normalized spacial score (nSPS) is 11.6. The van der Waals surface area contributed by atoms with Crippen LogP contribution >= 0.6 is 0 Å². The number of ether oxygens (including phenoxy) is 1. The summed E-state index contributed by atoms with van der Waals surface area (Å²) in [5, 5.41) is 8.99. The summed E-state index contributed by atoms with van der Waals surface area (Å²) in [6.07, 6.45) is -2.76. The highest BCUT2D eigenvalue weighted by atomic mass is 19.3. The Morgan fingerprint density at radius 1 is 1.25 bits per heavy atom. The molecular weight excluding hydrogens is 318 g/mol. The third-order valence-corrected chi connectivity index (χ3v) is 3.37. The Bertz CT molecular complexity index is 883. The molecule has 0 aliphatic carbocycles. The Hall–Kier alpha value is -2.96. The molecule has 0 saturated carbocycles. The van der Waals surface area contributed by atoms with Crippen LogP contribution in [0, 0.1) is 0 Å². The minimum absolute atomic E-state index is 0.0851. The van der Waals surface area contributed by atoms with Crippen LogP contribution in [0.3, 0.4) is 0 Å². The topological polar surface area (TPSA) is 75.2 Å². The summed E-state index contributed by atoms with van der Waals surface area (Å²) in [4.78, 5) is 18.4. The molecule has 0 atom stereocenters. The summed E-state index contributed by atoms with van der Waals surface area (Å²) in [6.45, 7) is 0.681. The Morgan fingerprint density at radius 2 is 1.96 bits per heavy atom. The maximum Gasteiger partial charge on any atom is 0.394 e. The van der Waals surface area contributed by atoms with E-state index in [1.54, 1.807) is 18.2 Å². The van der Waals surface area contributed by atoms with Crippen molar-refractivity contribution in [2.45, 2.75) is 19.5 Å². The quantitative estimate of drug-likeness (QED) is 0.744. The van der Waals surface area contributed by atoms with E-state index in [1.165, 1.54) is 24.3 Å². The molecule has 5 nitrogen and oxygen atoms in total. The lowest BCUT2D eigenvalue weighted by Crippen LogP contribution is -2.18. The number of H-pyrrole nitrogens is 1. The highest BCUT2D eigenvalue weighted by Crippen LogP contribution is 2.22. The monoisotopic (exact) mass is 332 g/mol. The molecule has 0 fully saturated rings. The number of aromatic nitrogens is 2. The minimum Gasteiger partial charge on any atom is -0.478 e. The molecular formula is C17H14F2N2O3. The number of halogens is 2. The van der Waals surface area contributed by atoms with Gasteiger partial charge in [0.15, 0.2) is 0 Å². The average Bonchev–Trinajstić information content (AvgIpc) is 2.89. The Balaban J connectivity index is 1.78. The molecule has 7 heteroatoms. The number of aromatic carboxylic acids is 1. The Kier molecular flexibility index (Phi) is 3.92. The molecule has 0 saturated heterocycles. The summed E-state index contributed by atoms with van der Waals surface area (Å²) in [7, 11) is 0. The number of hydrogen-bond donors (Lipinski definition) is 2. The van der Waals surface area contributed by atoms with E-state index in [1.807, 2.05) is 0 Å². The van der Waals surface area contributed by atoms with Crippen molar-refractivity contribution in [3.8, 4) is 5.75 Å². The van der Waals surface area contributed by atoms with Gasteiger partial charge in [-0.3, -0.25) is 0 Å². The van der Waals surface area contributed by atoms with Crippen molar-refractivity contribution in [3.05, 3.63) is 59.4 Å². The van der Waals surface area contributed by atoms with Gasteiger partial charge in [0.2, 0.25) is 0 Å². The second-order valence-electron chi connectivity index (χ2n) is 5.45. The van der Waals surface area contributed by atoms with Gasteiger partial charge in [-0.2, -0.15) is 8.78 Å². The van der Waals surface area contributed by atoms with Crippen molar-refractivity contribution in [1.82, 2.24) is 9.97 Å². The average molecular weight is 332 g/mol. The maximum atomic E-state index is 12.8. The van der Waals surface area contributed by atoms with Crippen molar-refractivity contribution in [2.75, 3.05) is 0 Å². The van der Waals surface area contributed by atoms with E-state index in [9.17, 15) is 13.6 Å². The second kappa shape index (κ2) is 5.92. The zero-order chi connectivity index (χ0) is 17.3. The Labute approximate surface area is 135 Å². The van der Waals surface area contributed by atoms with Crippen LogP contribution in [0.2, 0.25) is 0 Å². The van der Waals surface area contributed by atoms with Gasteiger partial charge >= 0.3 is 12.1 Å². The summed E-state index contributed by atoms with van der Waals surface area (Å²) in [5.41, 5.74) is 2.34. The first kappa shape index (κ1) is 15.9. The standard InChI is InChI=1S/C17H14F2N2O3/c1-17(18,19)24-12-5-2-10(3-6-12)8-15-20-13-7-4-11(16(22)23)9-14(13)21-15/h2-7,9H,8H2,1H3,(H,20,21)(H,22,23). The van der Waals surface area contributed by atoms with Gasteiger partial charge in [0.25, 0.3) is 0 Å².